The molecule has 0 aliphatic carbocycles. The minimum Gasteiger partial charge on any atom is -0.382 e. The first-order valence-corrected chi connectivity index (χ1v) is 8.16. The average Bonchev–Trinajstić information content (AvgIpc) is 2.78. The van der Waals surface area contributed by atoms with E-state index in [1.54, 1.807) is 0 Å². The number of hydrogen-bond donors (Lipinski definition) is 1. The number of likely N-dealkylation sites (tertiary alicyclic amines) is 1. The van der Waals surface area contributed by atoms with E-state index >= 15 is 0 Å². The van der Waals surface area contributed by atoms with Gasteiger partial charge in [-0.15, -0.1) is 0 Å². The number of aromatic nitrogens is 2. The van der Waals surface area contributed by atoms with Gasteiger partial charge in [-0.05, 0) is 46.2 Å². The quantitative estimate of drug-likeness (QED) is 0.784. The van der Waals surface area contributed by atoms with Gasteiger partial charge >= 0.3 is 0 Å². The molecular weight excluding hydrogens is 264 g/mol. The van der Waals surface area contributed by atoms with E-state index in [0.29, 0.717) is 12.0 Å². The maximum Gasteiger partial charge on any atom is 0.203 e. The zero-order valence-electron chi connectivity index (χ0n) is 13.9. The lowest BCUT2D eigenvalue weighted by Gasteiger charge is -2.35. The van der Waals surface area contributed by atoms with Gasteiger partial charge in [-0.1, -0.05) is 6.92 Å². The van der Waals surface area contributed by atoms with Crippen LogP contribution in [0.4, 0.5) is 5.95 Å². The number of imidazole rings is 1. The van der Waals surface area contributed by atoms with Gasteiger partial charge < -0.3 is 19.5 Å². The first kappa shape index (κ1) is 16.3. The number of ether oxygens (including phenoxy) is 1. The van der Waals surface area contributed by atoms with E-state index < -0.39 is 0 Å². The van der Waals surface area contributed by atoms with Crippen LogP contribution < -0.4 is 5.32 Å². The summed E-state index contributed by atoms with van der Waals surface area (Å²) in [6, 6.07) is 0.522. The van der Waals surface area contributed by atoms with Gasteiger partial charge in [0.25, 0.3) is 0 Å². The van der Waals surface area contributed by atoms with E-state index in [2.05, 4.69) is 46.9 Å². The van der Waals surface area contributed by atoms with Gasteiger partial charge in [0.1, 0.15) is 0 Å². The Morgan fingerprint density at radius 3 is 3.00 bits per heavy atom. The molecule has 0 amide bonds. The number of anilines is 1. The molecule has 2 heterocycles. The highest BCUT2D eigenvalue weighted by Gasteiger charge is 2.25. The second-order valence-corrected chi connectivity index (χ2v) is 6.23. The third kappa shape index (κ3) is 4.71. The number of nitrogens with one attached hydrogen (secondary N) is 1. The van der Waals surface area contributed by atoms with Gasteiger partial charge in [0, 0.05) is 38.5 Å². The van der Waals surface area contributed by atoms with E-state index in [-0.39, 0.29) is 0 Å². The fourth-order valence-corrected chi connectivity index (χ4v) is 3.05. The maximum absolute atomic E-state index is 5.42. The van der Waals surface area contributed by atoms with Gasteiger partial charge in [0.15, 0.2) is 0 Å². The fourth-order valence-electron chi connectivity index (χ4n) is 3.05. The van der Waals surface area contributed by atoms with Crippen LogP contribution >= 0.6 is 0 Å². The van der Waals surface area contributed by atoms with Crippen molar-refractivity contribution < 1.29 is 4.74 Å². The standard InChI is InChI=1S/C16H30N4O/c1-5-21-10-6-8-20-12-14(3)17-16(20)18-15-7-9-19(4)11-13(15)2/h12-13,15H,5-11H2,1-4H3,(H,17,18). The monoisotopic (exact) mass is 294 g/mol. The molecule has 1 N–H and O–H groups in total. The van der Waals surface area contributed by atoms with Crippen molar-refractivity contribution in [1.82, 2.24) is 14.5 Å². The highest BCUT2D eigenvalue weighted by Crippen LogP contribution is 2.20. The van der Waals surface area contributed by atoms with E-state index in [9.17, 15) is 0 Å². The summed E-state index contributed by atoms with van der Waals surface area (Å²) in [6.07, 6.45) is 4.34. The molecule has 5 nitrogen and oxygen atoms in total. The van der Waals surface area contributed by atoms with Crippen molar-refractivity contribution in [3.8, 4) is 0 Å². The average molecular weight is 294 g/mol. The third-order valence-corrected chi connectivity index (χ3v) is 4.21. The Labute approximate surface area is 128 Å². The molecule has 1 aliphatic heterocycles. The van der Waals surface area contributed by atoms with Crippen LogP contribution in [0.5, 0.6) is 0 Å². The SMILES string of the molecule is CCOCCCn1cc(C)nc1NC1CCN(C)CC1C. The topological polar surface area (TPSA) is 42.3 Å². The summed E-state index contributed by atoms with van der Waals surface area (Å²) < 4.78 is 7.66. The van der Waals surface area contributed by atoms with E-state index in [4.69, 9.17) is 4.74 Å². The predicted octanol–water partition coefficient (Wildman–Crippen LogP) is 2.37. The lowest BCUT2D eigenvalue weighted by Crippen LogP contribution is -2.43. The van der Waals surface area contributed by atoms with Crippen LogP contribution in [0.3, 0.4) is 0 Å². The molecule has 2 unspecified atom stereocenters. The molecule has 0 aromatic carbocycles. The van der Waals surface area contributed by atoms with Crippen LogP contribution in [0.15, 0.2) is 6.20 Å². The Hall–Kier alpha value is -1.07. The van der Waals surface area contributed by atoms with E-state index in [0.717, 1.165) is 50.9 Å². The number of hydrogen-bond acceptors (Lipinski definition) is 4. The van der Waals surface area contributed by atoms with Crippen molar-refractivity contribution in [1.29, 1.82) is 0 Å². The molecule has 2 rings (SSSR count). The minimum atomic E-state index is 0.522. The molecule has 1 aromatic heterocycles. The molecule has 1 saturated heterocycles. The summed E-state index contributed by atoms with van der Waals surface area (Å²) in [5.74, 6) is 1.67. The van der Waals surface area contributed by atoms with Crippen molar-refractivity contribution in [2.24, 2.45) is 5.92 Å². The van der Waals surface area contributed by atoms with Crippen LogP contribution in [-0.4, -0.2) is 53.8 Å². The summed E-state index contributed by atoms with van der Waals surface area (Å²) >= 11 is 0. The first-order valence-electron chi connectivity index (χ1n) is 8.16. The number of aryl methyl sites for hydroxylation is 2. The zero-order valence-corrected chi connectivity index (χ0v) is 13.9. The smallest absolute Gasteiger partial charge is 0.203 e. The zero-order chi connectivity index (χ0) is 15.2. The largest absolute Gasteiger partial charge is 0.382 e. The molecular formula is C16H30N4O. The molecule has 5 heteroatoms. The predicted molar refractivity (Wildman–Crippen MR) is 86.8 cm³/mol. The Morgan fingerprint density at radius 1 is 1.48 bits per heavy atom. The molecule has 0 bridgehead atoms. The summed E-state index contributed by atoms with van der Waals surface area (Å²) in [7, 11) is 2.20. The van der Waals surface area contributed by atoms with Crippen molar-refractivity contribution >= 4 is 5.95 Å². The second kappa shape index (κ2) is 7.80. The van der Waals surface area contributed by atoms with Gasteiger partial charge in [-0.2, -0.15) is 0 Å². The van der Waals surface area contributed by atoms with Gasteiger partial charge in [-0.3, -0.25) is 0 Å². The summed E-state index contributed by atoms with van der Waals surface area (Å²) in [5.41, 5.74) is 1.08. The van der Waals surface area contributed by atoms with Crippen LogP contribution in [-0.2, 0) is 11.3 Å². The molecule has 0 spiro atoms. The first-order chi connectivity index (χ1) is 10.1. The Balaban J connectivity index is 1.92. The molecule has 0 saturated carbocycles. The van der Waals surface area contributed by atoms with Crippen LogP contribution in [0, 0.1) is 12.8 Å². The van der Waals surface area contributed by atoms with Crippen LogP contribution in [0.25, 0.3) is 0 Å². The molecule has 0 radical (unpaired) electrons. The summed E-state index contributed by atoms with van der Waals surface area (Å²) in [6.45, 7) is 11.3. The number of nitrogens with zero attached hydrogens (tertiary/aromatic N) is 3. The maximum atomic E-state index is 5.42. The molecule has 21 heavy (non-hydrogen) atoms. The minimum absolute atomic E-state index is 0.522. The molecule has 1 aromatic rings. The van der Waals surface area contributed by atoms with E-state index in [1.165, 1.54) is 6.42 Å². The lowest BCUT2D eigenvalue weighted by molar-refractivity contribution is 0.141. The van der Waals surface area contributed by atoms with Crippen molar-refractivity contribution in [2.45, 2.75) is 46.2 Å². The van der Waals surface area contributed by atoms with Crippen molar-refractivity contribution in [3.63, 3.8) is 0 Å². The molecule has 1 aliphatic rings. The summed E-state index contributed by atoms with van der Waals surface area (Å²) in [4.78, 5) is 7.06. The van der Waals surface area contributed by atoms with E-state index in [1.807, 2.05) is 6.92 Å². The summed E-state index contributed by atoms with van der Waals surface area (Å²) in [5, 5.41) is 3.67. The number of piperidine rings is 1. The highest BCUT2D eigenvalue weighted by molar-refractivity contribution is 5.30. The molecule has 2 atom stereocenters. The fraction of sp³-hybridized carbons (Fsp3) is 0.812. The lowest BCUT2D eigenvalue weighted by atomic mass is 9.94. The number of rotatable bonds is 7. The third-order valence-electron chi connectivity index (χ3n) is 4.21. The highest BCUT2D eigenvalue weighted by atomic mass is 16.5. The van der Waals surface area contributed by atoms with Crippen molar-refractivity contribution in [2.75, 3.05) is 38.7 Å². The molecule has 1 fully saturated rings. The van der Waals surface area contributed by atoms with Crippen molar-refractivity contribution in [3.05, 3.63) is 11.9 Å². The van der Waals surface area contributed by atoms with Gasteiger partial charge in [0.2, 0.25) is 5.95 Å². The Bertz CT molecular complexity index is 432. The van der Waals surface area contributed by atoms with Gasteiger partial charge in [-0.25, -0.2) is 4.98 Å². The second-order valence-electron chi connectivity index (χ2n) is 6.23. The van der Waals surface area contributed by atoms with Gasteiger partial charge in [0.05, 0.1) is 5.69 Å². The Kier molecular flexibility index (Phi) is 6.06. The van der Waals surface area contributed by atoms with Crippen LogP contribution in [0.2, 0.25) is 0 Å². The Morgan fingerprint density at radius 2 is 2.29 bits per heavy atom. The van der Waals surface area contributed by atoms with Crippen LogP contribution in [0.1, 0.15) is 32.4 Å². The normalized spacial score (nSPS) is 23.4. The molecule has 120 valence electrons.